The number of benzene rings is 2. The van der Waals surface area contributed by atoms with Crippen molar-refractivity contribution in [1.82, 2.24) is 15.1 Å². The van der Waals surface area contributed by atoms with Gasteiger partial charge in [0, 0.05) is 24.0 Å². The summed E-state index contributed by atoms with van der Waals surface area (Å²) in [5, 5.41) is 8.13. The molecule has 2 aromatic carbocycles. The molecule has 5 nitrogen and oxygen atoms in total. The van der Waals surface area contributed by atoms with Gasteiger partial charge in [0.05, 0.1) is 17.8 Å². The molecule has 3 aromatic rings. The summed E-state index contributed by atoms with van der Waals surface area (Å²) >= 11 is 0. The molecule has 28 heavy (non-hydrogen) atoms. The molecule has 2 heterocycles. The lowest BCUT2D eigenvalue weighted by Crippen LogP contribution is -2.44. The van der Waals surface area contributed by atoms with Crippen LogP contribution >= 0.6 is 0 Å². The molecule has 1 aliphatic rings. The number of H-pyrrole nitrogens is 1. The molecule has 1 aliphatic heterocycles. The molecular formula is C22H26FN3O2. The molecule has 148 valence electrons. The van der Waals surface area contributed by atoms with Crippen LogP contribution in [0.15, 0.2) is 42.5 Å². The third-order valence-electron chi connectivity index (χ3n) is 5.04. The summed E-state index contributed by atoms with van der Waals surface area (Å²) in [6.07, 6.45) is 4.25. The van der Waals surface area contributed by atoms with Crippen molar-refractivity contribution < 1.29 is 13.9 Å². The molecule has 4 rings (SSSR count). The Morgan fingerprint density at radius 2 is 1.89 bits per heavy atom. The quantitative estimate of drug-likeness (QED) is 0.587. The number of nitrogens with zero attached hydrogens (tertiary/aromatic N) is 2. The third-order valence-corrected chi connectivity index (χ3v) is 5.04. The Balaban J connectivity index is 1.51. The molecule has 1 atom stereocenters. The summed E-state index contributed by atoms with van der Waals surface area (Å²) in [6.45, 7) is 4.78. The smallest absolute Gasteiger partial charge is 0.262 e. The minimum absolute atomic E-state index is 0.276. The number of fused-ring (bicyclic) bond motifs is 1. The maximum atomic E-state index is 13.4. The molecule has 0 aliphatic carbocycles. The van der Waals surface area contributed by atoms with Crippen LogP contribution in [0.5, 0.6) is 5.75 Å². The van der Waals surface area contributed by atoms with Crippen LogP contribution in [0.25, 0.3) is 22.2 Å². The fourth-order valence-electron chi connectivity index (χ4n) is 3.58. The number of aromatic amines is 1. The Kier molecular flexibility index (Phi) is 5.88. The standard InChI is InChI=1S/C22H26FN3O2/c1-2-14-27-22(26-12-4-3-5-13-26)28-18-9-6-16(7-10-18)21-19-11-8-17(23)15-20(19)24-25-21/h6-11,15,22H,2-5,12-14H2,1H3,(H,24,25). The van der Waals surface area contributed by atoms with Gasteiger partial charge in [-0.15, -0.1) is 0 Å². The first-order chi connectivity index (χ1) is 13.7. The Labute approximate surface area is 164 Å². The van der Waals surface area contributed by atoms with Gasteiger partial charge in [-0.1, -0.05) is 13.3 Å². The molecule has 0 amide bonds. The van der Waals surface area contributed by atoms with E-state index in [0.29, 0.717) is 12.1 Å². The number of ether oxygens (including phenoxy) is 2. The van der Waals surface area contributed by atoms with Gasteiger partial charge in [0.25, 0.3) is 6.41 Å². The van der Waals surface area contributed by atoms with Crippen molar-refractivity contribution in [1.29, 1.82) is 0 Å². The van der Waals surface area contributed by atoms with E-state index < -0.39 is 0 Å². The average Bonchev–Trinajstić information content (AvgIpc) is 3.15. The summed E-state index contributed by atoms with van der Waals surface area (Å²) in [4.78, 5) is 2.27. The summed E-state index contributed by atoms with van der Waals surface area (Å²) in [6, 6.07) is 12.5. The van der Waals surface area contributed by atoms with Crippen molar-refractivity contribution in [2.45, 2.75) is 39.0 Å². The fourth-order valence-corrected chi connectivity index (χ4v) is 3.58. The zero-order valence-electron chi connectivity index (χ0n) is 16.2. The molecule has 1 fully saturated rings. The first-order valence-electron chi connectivity index (χ1n) is 10.0. The van der Waals surface area contributed by atoms with Gasteiger partial charge in [-0.25, -0.2) is 9.29 Å². The van der Waals surface area contributed by atoms with Crippen LogP contribution in [0, 0.1) is 5.82 Å². The second-order valence-electron chi connectivity index (χ2n) is 7.18. The number of rotatable bonds is 7. The molecule has 1 N–H and O–H groups in total. The van der Waals surface area contributed by atoms with E-state index in [9.17, 15) is 4.39 Å². The molecule has 1 aromatic heterocycles. The summed E-state index contributed by atoms with van der Waals surface area (Å²) in [5.74, 6) is 0.489. The van der Waals surface area contributed by atoms with Gasteiger partial charge in [-0.2, -0.15) is 5.10 Å². The molecule has 1 unspecified atom stereocenters. The summed E-state index contributed by atoms with van der Waals surface area (Å²) in [7, 11) is 0. The summed E-state index contributed by atoms with van der Waals surface area (Å²) in [5.41, 5.74) is 2.44. The predicted molar refractivity (Wildman–Crippen MR) is 108 cm³/mol. The monoisotopic (exact) mass is 383 g/mol. The van der Waals surface area contributed by atoms with E-state index in [0.717, 1.165) is 41.9 Å². The molecular weight excluding hydrogens is 357 g/mol. The highest BCUT2D eigenvalue weighted by atomic mass is 19.1. The molecule has 0 bridgehead atoms. The number of hydrogen-bond donors (Lipinski definition) is 1. The van der Waals surface area contributed by atoms with Gasteiger partial charge in [0.1, 0.15) is 11.6 Å². The number of aromatic nitrogens is 2. The predicted octanol–water partition coefficient (Wildman–Crippen LogP) is 4.94. The van der Waals surface area contributed by atoms with Gasteiger partial charge in [-0.3, -0.25) is 5.10 Å². The van der Waals surface area contributed by atoms with E-state index in [2.05, 4.69) is 22.0 Å². The van der Waals surface area contributed by atoms with E-state index >= 15 is 0 Å². The van der Waals surface area contributed by atoms with Crippen LogP contribution in [-0.2, 0) is 4.74 Å². The normalized spacial score (nSPS) is 16.4. The lowest BCUT2D eigenvalue weighted by molar-refractivity contribution is -0.180. The van der Waals surface area contributed by atoms with Gasteiger partial charge in [0.15, 0.2) is 0 Å². The van der Waals surface area contributed by atoms with Crippen LogP contribution in [0.1, 0.15) is 32.6 Å². The van der Waals surface area contributed by atoms with Gasteiger partial charge in [0.2, 0.25) is 0 Å². The number of piperidine rings is 1. The molecule has 1 saturated heterocycles. The van der Waals surface area contributed by atoms with E-state index in [1.807, 2.05) is 24.3 Å². The van der Waals surface area contributed by atoms with Gasteiger partial charge < -0.3 is 9.47 Å². The SMILES string of the molecule is CCCOC(Oc1ccc(-c2n[nH]c3cc(F)ccc23)cc1)N1CCCCC1. The van der Waals surface area contributed by atoms with Gasteiger partial charge in [-0.05, 0) is 61.7 Å². The second-order valence-corrected chi connectivity index (χ2v) is 7.18. The fraction of sp³-hybridized carbons (Fsp3) is 0.409. The molecule has 0 saturated carbocycles. The Morgan fingerprint density at radius 1 is 1.11 bits per heavy atom. The van der Waals surface area contributed by atoms with Crippen LogP contribution in [0.2, 0.25) is 0 Å². The molecule has 0 radical (unpaired) electrons. The first kappa shape index (κ1) is 18.9. The van der Waals surface area contributed by atoms with Crippen molar-refractivity contribution >= 4 is 10.9 Å². The van der Waals surface area contributed by atoms with E-state index in [1.165, 1.54) is 31.4 Å². The van der Waals surface area contributed by atoms with Gasteiger partial charge >= 0.3 is 0 Å². The van der Waals surface area contributed by atoms with Crippen molar-refractivity contribution in [3.8, 4) is 17.0 Å². The average molecular weight is 383 g/mol. The Morgan fingerprint density at radius 3 is 2.64 bits per heavy atom. The Hall–Kier alpha value is -2.44. The van der Waals surface area contributed by atoms with Crippen LogP contribution < -0.4 is 4.74 Å². The minimum Gasteiger partial charge on any atom is -0.451 e. The third kappa shape index (κ3) is 4.18. The van der Waals surface area contributed by atoms with Crippen LogP contribution in [-0.4, -0.2) is 41.2 Å². The number of halogens is 1. The maximum Gasteiger partial charge on any atom is 0.262 e. The lowest BCUT2D eigenvalue weighted by atomic mass is 10.1. The van der Waals surface area contributed by atoms with E-state index in [-0.39, 0.29) is 12.2 Å². The number of nitrogens with one attached hydrogen (secondary N) is 1. The second kappa shape index (κ2) is 8.71. The number of likely N-dealkylation sites (tertiary alicyclic amines) is 1. The van der Waals surface area contributed by atoms with E-state index in [4.69, 9.17) is 9.47 Å². The Bertz CT molecular complexity index is 904. The zero-order chi connectivity index (χ0) is 19.3. The van der Waals surface area contributed by atoms with Crippen molar-refractivity contribution in [2.75, 3.05) is 19.7 Å². The topological polar surface area (TPSA) is 50.4 Å². The maximum absolute atomic E-state index is 13.4. The van der Waals surface area contributed by atoms with Crippen LogP contribution in [0.3, 0.4) is 0 Å². The van der Waals surface area contributed by atoms with E-state index in [1.54, 1.807) is 6.07 Å². The van der Waals surface area contributed by atoms with Crippen LogP contribution in [0.4, 0.5) is 4.39 Å². The minimum atomic E-state index is -0.347. The molecule has 0 spiro atoms. The zero-order valence-corrected chi connectivity index (χ0v) is 16.2. The largest absolute Gasteiger partial charge is 0.451 e. The number of hydrogen-bond acceptors (Lipinski definition) is 4. The van der Waals surface area contributed by atoms with Crippen molar-refractivity contribution in [3.05, 3.63) is 48.3 Å². The van der Waals surface area contributed by atoms with Crippen molar-refractivity contribution in [2.24, 2.45) is 0 Å². The summed E-state index contributed by atoms with van der Waals surface area (Å²) < 4.78 is 25.5. The van der Waals surface area contributed by atoms with Crippen molar-refractivity contribution in [3.63, 3.8) is 0 Å². The highest BCUT2D eigenvalue weighted by Gasteiger charge is 2.22. The molecule has 6 heteroatoms. The highest BCUT2D eigenvalue weighted by Crippen LogP contribution is 2.28. The lowest BCUT2D eigenvalue weighted by Gasteiger charge is -2.33. The highest BCUT2D eigenvalue weighted by molar-refractivity contribution is 5.92. The first-order valence-corrected chi connectivity index (χ1v) is 10.0.